The van der Waals surface area contributed by atoms with Gasteiger partial charge in [-0.2, -0.15) is 0 Å². The fourth-order valence-electron chi connectivity index (χ4n) is 15.9. The molecule has 6 aliphatic heterocycles. The van der Waals surface area contributed by atoms with Gasteiger partial charge >= 0.3 is 5.97 Å². The third kappa shape index (κ3) is 22.6. The molecule has 6 aliphatic rings. The van der Waals surface area contributed by atoms with E-state index in [1.165, 1.54) is 36.4 Å². The first-order chi connectivity index (χ1) is 60.8. The highest BCUT2D eigenvalue weighted by atomic mass is 19.1. The van der Waals surface area contributed by atoms with Crippen LogP contribution in [0.25, 0.3) is 34.1 Å². The van der Waals surface area contributed by atoms with Gasteiger partial charge in [0, 0.05) is 127 Å². The van der Waals surface area contributed by atoms with Crippen molar-refractivity contribution in [3.63, 3.8) is 0 Å². The maximum absolute atomic E-state index is 14.1. The number of nitrogens with zero attached hydrogens (tertiary/aromatic N) is 14. The molecule has 12 heterocycles. The zero-order valence-corrected chi connectivity index (χ0v) is 68.7. The maximum atomic E-state index is 14.1. The Kier molecular flexibility index (Phi) is 29.5. The van der Waals surface area contributed by atoms with E-state index in [1.807, 2.05) is 86.7 Å². The molecule has 0 spiro atoms. The molecule has 37 heteroatoms. The first-order valence-corrected chi connectivity index (χ1v) is 41.7. The van der Waals surface area contributed by atoms with Crippen LogP contribution >= 0.6 is 0 Å². The average molecular weight is 1710 g/mol. The molecule has 10 N–H and O–H groups in total. The second-order valence-corrected chi connectivity index (χ2v) is 30.7. The topological polar surface area (TPSA) is 425 Å². The number of nitrogens with one attached hydrogen (secondary N) is 7. The van der Waals surface area contributed by atoms with Crippen molar-refractivity contribution in [2.45, 2.75) is 75.5 Å². The van der Waals surface area contributed by atoms with Crippen LogP contribution in [0.15, 0.2) is 158 Å². The van der Waals surface area contributed by atoms with Gasteiger partial charge in [0.1, 0.15) is 58.4 Å². The standard InChI is InChI=1S/C44H48FN11O6.C27H28FN7O2.C17H22N4O5/c45-31-5-1-4-29(24-31)36-7-3-17-55(36)40-13-12-38-48-26-37(56(38)52-40)34-6-2-8-39(49-34)54-20-18-53(19-21-54)27-42(59)47-16-23-62-22-15-46-32-10-9-30(28-57)33(25-32)43(60)50-35-11-14-41(58)51-44(35)61;28-20-5-1-4-19(16-20)22-7-3-11-34(22)26-10-9-24-29-17-23(35(24)31-26)21-6-2-8-25(30-21)33-14-12-32(13-15-33)18-27(36)37;18-5-7-26-8-6-19-12-2-1-11(10-22)13(9-12)16(24)20-14-3-4-15(23)21-17(14)25/h1-2,4-6,8-10,12-13,24-26,28,35-36,46H,3,7,11,14-23,27H2,(H,47,59)(H,50,60)(H,51,58,61);1-2,4-6,8-10,16-17,22H,3,7,11-15,18H2,(H,36,37);1-2,9-10,14,19H,3-8,18H2,(H,20,24)(H,21,23,25)/t35?,36-;22-;/m11./s1. The predicted octanol–water partition coefficient (Wildman–Crippen LogP) is 5.89. The Balaban J connectivity index is 0.000000170. The highest BCUT2D eigenvalue weighted by Gasteiger charge is 2.34. The molecular weight excluding hydrogens is 1610 g/mol. The van der Waals surface area contributed by atoms with Crippen molar-refractivity contribution >= 4 is 106 Å². The summed E-state index contributed by atoms with van der Waals surface area (Å²) < 4.78 is 42.6. The molecule has 2 unspecified atom stereocenters. The zero-order valence-electron chi connectivity index (χ0n) is 68.7. The Labute approximate surface area is 717 Å². The van der Waals surface area contributed by atoms with Crippen LogP contribution in [0.5, 0.6) is 0 Å². The number of aromatic nitrogens is 8. The van der Waals surface area contributed by atoms with Gasteiger partial charge in [-0.3, -0.25) is 68.4 Å². The summed E-state index contributed by atoms with van der Waals surface area (Å²) in [6.45, 7) is 10.9. The number of anilines is 6. The molecule has 0 saturated carbocycles. The van der Waals surface area contributed by atoms with Crippen molar-refractivity contribution in [1.29, 1.82) is 0 Å². The molecule has 16 rings (SSSR count). The quantitative estimate of drug-likeness (QED) is 0.0139. The van der Waals surface area contributed by atoms with E-state index in [1.54, 1.807) is 48.8 Å². The normalized spacial score (nSPS) is 18.0. The number of carboxylic acid groups (broad SMARTS) is 1. The number of carbonyl (C=O) groups excluding carboxylic acids is 9. The van der Waals surface area contributed by atoms with Crippen LogP contribution in [0, 0.1) is 11.6 Å². The van der Waals surface area contributed by atoms with Gasteiger partial charge in [0.2, 0.25) is 29.5 Å². The number of ether oxygens (including phenoxy) is 2. The molecule has 6 fully saturated rings. The number of imidazole rings is 2. The Morgan fingerprint density at radius 2 is 0.952 bits per heavy atom. The highest BCUT2D eigenvalue weighted by molar-refractivity contribution is 6.08. The minimum atomic E-state index is -0.862. The molecule has 125 heavy (non-hydrogen) atoms. The van der Waals surface area contributed by atoms with E-state index in [4.69, 9.17) is 40.5 Å². The zero-order chi connectivity index (χ0) is 87.3. The van der Waals surface area contributed by atoms with Crippen molar-refractivity contribution in [3.05, 3.63) is 203 Å². The minimum Gasteiger partial charge on any atom is -0.480 e. The fraction of sp³-hybridized carbons (Fsp3) is 0.364. The predicted molar refractivity (Wildman–Crippen MR) is 460 cm³/mol. The van der Waals surface area contributed by atoms with Gasteiger partial charge < -0.3 is 66.5 Å². The first-order valence-electron chi connectivity index (χ1n) is 41.7. The van der Waals surface area contributed by atoms with Crippen LogP contribution in [0.1, 0.15) is 116 Å². The number of halogens is 2. The summed E-state index contributed by atoms with van der Waals surface area (Å²) in [4.78, 5) is 150. The van der Waals surface area contributed by atoms with Crippen LogP contribution in [0.4, 0.5) is 43.4 Å². The van der Waals surface area contributed by atoms with E-state index in [0.717, 1.165) is 115 Å². The summed E-state index contributed by atoms with van der Waals surface area (Å²) in [6.07, 6.45) is 9.28. The number of carboxylic acids is 1. The summed E-state index contributed by atoms with van der Waals surface area (Å²) in [5, 5.41) is 37.7. The van der Waals surface area contributed by atoms with E-state index >= 15 is 0 Å². The molecular formula is C88H98F2N22O13. The summed E-state index contributed by atoms with van der Waals surface area (Å²) in [5.74, 6) is -1.06. The van der Waals surface area contributed by atoms with E-state index in [0.29, 0.717) is 121 Å². The second kappa shape index (κ2) is 42.0. The van der Waals surface area contributed by atoms with Gasteiger partial charge in [-0.25, -0.2) is 37.7 Å². The lowest BCUT2D eigenvalue weighted by atomic mass is 10.0. The molecule has 6 aromatic heterocycles. The number of hydrogen-bond donors (Lipinski definition) is 9. The number of nitrogens with two attached hydrogens (primary N) is 1. The van der Waals surface area contributed by atoms with Crippen molar-refractivity contribution < 1.29 is 71.3 Å². The lowest BCUT2D eigenvalue weighted by Crippen LogP contribution is -2.52. The number of piperidine rings is 2. The number of pyridine rings is 2. The molecule has 6 saturated heterocycles. The molecule has 10 aromatic rings. The molecule has 0 bridgehead atoms. The third-order valence-corrected chi connectivity index (χ3v) is 22.3. The number of fused-ring (bicyclic) bond motifs is 2. The van der Waals surface area contributed by atoms with Gasteiger partial charge in [-0.15, -0.1) is 10.2 Å². The van der Waals surface area contributed by atoms with Gasteiger partial charge in [0.25, 0.3) is 11.8 Å². The van der Waals surface area contributed by atoms with E-state index in [9.17, 15) is 56.7 Å². The number of aliphatic carboxylic acids is 1. The summed E-state index contributed by atoms with van der Waals surface area (Å²) >= 11 is 0. The van der Waals surface area contributed by atoms with Crippen LogP contribution < -0.4 is 62.6 Å². The fourth-order valence-corrected chi connectivity index (χ4v) is 15.9. The lowest BCUT2D eigenvalue weighted by molar-refractivity contribution is -0.138. The molecule has 35 nitrogen and oxygen atoms in total. The van der Waals surface area contributed by atoms with E-state index in [-0.39, 0.29) is 102 Å². The summed E-state index contributed by atoms with van der Waals surface area (Å²) in [5.41, 5.74) is 13.6. The Hall–Kier alpha value is -13.6. The SMILES string of the molecule is NCCOCCNc1ccc(C=O)c(C(=O)NC2CCC(=O)NC2=O)c1.O=C(O)CN1CCN(c2cccc(-c3cnc4ccc(N5CCC[C@@H]5c5cccc(F)c5)nn34)n2)CC1.O=Cc1ccc(NCCOCCNC(=O)CN2CCN(c3cccc(-c4cnc5ccc(N6CCC[C@@H]6c6cccc(F)c6)nn45)n3)CC2)cc1C(=O)NC1CCC(=O)NC1=O. The van der Waals surface area contributed by atoms with E-state index in [2.05, 4.69) is 71.7 Å². The smallest absolute Gasteiger partial charge is 0.317 e. The molecule has 0 radical (unpaired) electrons. The number of piperazine rings is 2. The summed E-state index contributed by atoms with van der Waals surface area (Å²) in [7, 11) is 0. The average Bonchev–Trinajstić information content (AvgIpc) is 1.62. The van der Waals surface area contributed by atoms with Gasteiger partial charge in [0.15, 0.2) is 23.9 Å². The molecule has 0 aliphatic carbocycles. The van der Waals surface area contributed by atoms with Crippen molar-refractivity contribution in [2.24, 2.45) is 5.73 Å². The molecule has 4 aromatic carbocycles. The van der Waals surface area contributed by atoms with Crippen molar-refractivity contribution in [2.75, 3.05) is 161 Å². The van der Waals surface area contributed by atoms with Crippen LogP contribution in [-0.2, 0) is 38.2 Å². The van der Waals surface area contributed by atoms with Crippen LogP contribution in [0.3, 0.4) is 0 Å². The highest BCUT2D eigenvalue weighted by Crippen LogP contribution is 2.38. The number of benzene rings is 4. The number of imide groups is 2. The van der Waals surface area contributed by atoms with Crippen LogP contribution in [0.2, 0.25) is 0 Å². The Bertz CT molecular complexity index is 5570. The minimum absolute atomic E-state index is 0.0437. The molecule has 7 amide bonds. The number of amides is 7. The number of aldehydes is 2. The van der Waals surface area contributed by atoms with Crippen molar-refractivity contribution in [3.8, 4) is 22.8 Å². The van der Waals surface area contributed by atoms with Gasteiger partial charge in [0.05, 0.1) is 86.5 Å². The molecule has 652 valence electrons. The Morgan fingerprint density at radius 1 is 0.504 bits per heavy atom. The lowest BCUT2D eigenvalue weighted by Gasteiger charge is -2.35. The van der Waals surface area contributed by atoms with Gasteiger partial charge in [-0.05, 0) is 159 Å². The number of carbonyl (C=O) groups is 10. The third-order valence-electron chi connectivity index (χ3n) is 22.3. The maximum Gasteiger partial charge on any atom is 0.317 e. The largest absolute Gasteiger partial charge is 0.480 e. The second-order valence-electron chi connectivity index (χ2n) is 30.7. The monoisotopic (exact) mass is 1710 g/mol. The summed E-state index contributed by atoms with van der Waals surface area (Å²) in [6, 6.07) is 41.2. The van der Waals surface area contributed by atoms with Gasteiger partial charge in [-0.1, -0.05) is 36.4 Å². The molecule has 4 atom stereocenters. The Morgan fingerprint density at radius 3 is 1.39 bits per heavy atom. The van der Waals surface area contributed by atoms with E-state index < -0.39 is 41.7 Å². The van der Waals surface area contributed by atoms with Crippen LogP contribution in [-0.4, -0.2) is 257 Å². The first kappa shape index (κ1) is 87.7. The number of rotatable bonds is 31. The number of hydrogen-bond acceptors (Lipinski definition) is 27. The van der Waals surface area contributed by atoms with Crippen molar-refractivity contribution in [1.82, 2.24) is 75.5 Å².